The molecular formula is C22H21N3O4S. The number of benzene rings is 2. The predicted molar refractivity (Wildman–Crippen MR) is 118 cm³/mol. The SMILES string of the molecule is COC(=O)/C=C1/S/C(=N\N=Cc2ccc(Oc3ccc(C(C)C)cc3)cc2)NC1=O. The molecule has 8 heteroatoms. The molecule has 0 radical (unpaired) electrons. The molecule has 30 heavy (non-hydrogen) atoms. The van der Waals surface area contributed by atoms with Gasteiger partial charge in [0, 0.05) is 6.08 Å². The van der Waals surface area contributed by atoms with Crippen molar-refractivity contribution in [1.29, 1.82) is 0 Å². The fourth-order valence-corrected chi connectivity index (χ4v) is 3.21. The van der Waals surface area contributed by atoms with Crippen LogP contribution in [-0.2, 0) is 14.3 Å². The summed E-state index contributed by atoms with van der Waals surface area (Å²) in [6.45, 7) is 4.30. The summed E-state index contributed by atoms with van der Waals surface area (Å²) in [5.41, 5.74) is 2.08. The van der Waals surface area contributed by atoms with Crippen molar-refractivity contribution in [3.63, 3.8) is 0 Å². The normalized spacial score (nSPS) is 16.5. The molecule has 2 aromatic rings. The first kappa shape index (κ1) is 21.3. The van der Waals surface area contributed by atoms with E-state index in [0.29, 0.717) is 11.7 Å². The van der Waals surface area contributed by atoms with Gasteiger partial charge in [-0.2, -0.15) is 5.10 Å². The fourth-order valence-electron chi connectivity index (χ4n) is 2.47. The van der Waals surface area contributed by atoms with Crippen LogP contribution in [0, 0.1) is 0 Å². The smallest absolute Gasteiger partial charge is 0.331 e. The van der Waals surface area contributed by atoms with E-state index in [2.05, 4.69) is 46.2 Å². The number of thioether (sulfide) groups is 1. The minimum absolute atomic E-state index is 0.207. The summed E-state index contributed by atoms with van der Waals surface area (Å²) in [5.74, 6) is 0.953. The molecule has 7 nitrogen and oxygen atoms in total. The van der Waals surface area contributed by atoms with Crippen LogP contribution >= 0.6 is 11.8 Å². The number of carbonyl (C=O) groups excluding carboxylic acids is 2. The average molecular weight is 423 g/mol. The van der Waals surface area contributed by atoms with Crippen LogP contribution in [0.2, 0.25) is 0 Å². The van der Waals surface area contributed by atoms with E-state index < -0.39 is 11.9 Å². The van der Waals surface area contributed by atoms with Gasteiger partial charge in [-0.1, -0.05) is 26.0 Å². The molecule has 1 aliphatic heterocycles. The Morgan fingerprint density at radius 3 is 2.30 bits per heavy atom. The molecule has 0 atom stereocenters. The summed E-state index contributed by atoms with van der Waals surface area (Å²) < 4.78 is 10.4. The number of rotatable bonds is 6. The number of amidine groups is 1. The maximum absolute atomic E-state index is 11.8. The van der Waals surface area contributed by atoms with Gasteiger partial charge < -0.3 is 9.47 Å². The van der Waals surface area contributed by atoms with E-state index in [9.17, 15) is 9.59 Å². The highest BCUT2D eigenvalue weighted by atomic mass is 32.2. The first-order valence-corrected chi connectivity index (χ1v) is 10.0. The van der Waals surface area contributed by atoms with Crippen molar-refractivity contribution in [2.75, 3.05) is 7.11 Å². The Labute approximate surface area is 178 Å². The molecule has 0 aromatic heterocycles. The Kier molecular flexibility index (Phi) is 7.03. The van der Waals surface area contributed by atoms with Gasteiger partial charge in [-0.3, -0.25) is 10.1 Å². The summed E-state index contributed by atoms with van der Waals surface area (Å²) >= 11 is 1.02. The van der Waals surface area contributed by atoms with Gasteiger partial charge in [-0.05, 0) is 65.2 Å². The van der Waals surface area contributed by atoms with Crippen molar-refractivity contribution >= 4 is 35.0 Å². The van der Waals surface area contributed by atoms with E-state index >= 15 is 0 Å². The second-order valence-corrected chi connectivity index (χ2v) is 7.66. The zero-order valence-corrected chi connectivity index (χ0v) is 17.6. The molecule has 0 aliphatic carbocycles. The molecule has 3 rings (SSSR count). The molecule has 0 saturated carbocycles. The summed E-state index contributed by atoms with van der Waals surface area (Å²) in [5, 5.41) is 10.8. The molecule has 1 N–H and O–H groups in total. The van der Waals surface area contributed by atoms with Crippen molar-refractivity contribution < 1.29 is 19.1 Å². The lowest BCUT2D eigenvalue weighted by Gasteiger charge is -2.08. The second kappa shape index (κ2) is 9.89. The van der Waals surface area contributed by atoms with Crippen LogP contribution in [0.1, 0.15) is 30.9 Å². The van der Waals surface area contributed by atoms with E-state index in [4.69, 9.17) is 4.74 Å². The summed E-state index contributed by atoms with van der Waals surface area (Å²) in [7, 11) is 1.25. The number of hydrogen-bond donors (Lipinski definition) is 1. The van der Waals surface area contributed by atoms with Gasteiger partial charge in [0.1, 0.15) is 11.5 Å². The quantitative estimate of drug-likeness (QED) is 0.325. The van der Waals surface area contributed by atoms with Crippen molar-refractivity contribution in [2.24, 2.45) is 10.2 Å². The molecule has 1 aliphatic rings. The lowest BCUT2D eigenvalue weighted by atomic mass is 10.0. The fraction of sp³-hybridized carbons (Fsp3) is 0.182. The third-order valence-electron chi connectivity index (χ3n) is 4.12. The summed E-state index contributed by atoms with van der Waals surface area (Å²) in [4.78, 5) is 23.2. The van der Waals surface area contributed by atoms with Gasteiger partial charge >= 0.3 is 5.97 Å². The third kappa shape index (κ3) is 5.81. The molecule has 1 fully saturated rings. The van der Waals surface area contributed by atoms with Crippen LogP contribution in [-0.4, -0.2) is 30.4 Å². The van der Waals surface area contributed by atoms with Crippen LogP contribution in [0.5, 0.6) is 11.5 Å². The largest absolute Gasteiger partial charge is 0.466 e. The minimum atomic E-state index is -0.601. The third-order valence-corrected chi connectivity index (χ3v) is 5.02. The number of nitrogens with one attached hydrogen (secondary N) is 1. The Morgan fingerprint density at radius 1 is 1.07 bits per heavy atom. The number of carbonyl (C=O) groups is 2. The molecule has 2 aromatic carbocycles. The Hall–Kier alpha value is -3.39. The van der Waals surface area contributed by atoms with Crippen LogP contribution < -0.4 is 10.1 Å². The number of amides is 1. The minimum Gasteiger partial charge on any atom is -0.466 e. The van der Waals surface area contributed by atoms with Gasteiger partial charge in [0.2, 0.25) is 0 Å². The number of hydrogen-bond acceptors (Lipinski definition) is 7. The van der Waals surface area contributed by atoms with Gasteiger partial charge in [-0.25, -0.2) is 4.79 Å². The maximum atomic E-state index is 11.8. The molecular weight excluding hydrogens is 402 g/mol. The van der Waals surface area contributed by atoms with Crippen molar-refractivity contribution in [3.8, 4) is 11.5 Å². The first-order valence-electron chi connectivity index (χ1n) is 9.22. The van der Waals surface area contributed by atoms with Gasteiger partial charge in [-0.15, -0.1) is 5.10 Å². The van der Waals surface area contributed by atoms with Gasteiger partial charge in [0.15, 0.2) is 5.17 Å². The van der Waals surface area contributed by atoms with E-state index in [1.54, 1.807) is 6.21 Å². The lowest BCUT2D eigenvalue weighted by molar-refractivity contribution is -0.135. The molecule has 1 heterocycles. The highest BCUT2D eigenvalue weighted by molar-refractivity contribution is 8.18. The summed E-state index contributed by atoms with van der Waals surface area (Å²) in [6.07, 6.45) is 2.67. The first-order chi connectivity index (χ1) is 14.4. The van der Waals surface area contributed by atoms with E-state index in [1.807, 2.05) is 36.4 Å². The van der Waals surface area contributed by atoms with E-state index in [1.165, 1.54) is 12.7 Å². The van der Waals surface area contributed by atoms with E-state index in [0.717, 1.165) is 29.2 Å². The molecule has 0 bridgehead atoms. The number of esters is 1. The van der Waals surface area contributed by atoms with Crippen molar-refractivity contribution in [2.45, 2.75) is 19.8 Å². The van der Waals surface area contributed by atoms with Crippen molar-refractivity contribution in [1.82, 2.24) is 5.32 Å². The highest BCUT2D eigenvalue weighted by Crippen LogP contribution is 2.25. The lowest BCUT2D eigenvalue weighted by Crippen LogP contribution is -2.19. The Bertz CT molecular complexity index is 1010. The topological polar surface area (TPSA) is 89.3 Å². The van der Waals surface area contributed by atoms with Gasteiger partial charge in [0.25, 0.3) is 5.91 Å². The van der Waals surface area contributed by atoms with E-state index in [-0.39, 0.29) is 10.1 Å². The molecule has 1 amide bonds. The predicted octanol–water partition coefficient (Wildman–Crippen LogP) is 4.21. The zero-order chi connectivity index (χ0) is 21.5. The highest BCUT2D eigenvalue weighted by Gasteiger charge is 2.24. The molecule has 0 spiro atoms. The Morgan fingerprint density at radius 2 is 1.70 bits per heavy atom. The zero-order valence-electron chi connectivity index (χ0n) is 16.8. The second-order valence-electron chi connectivity index (χ2n) is 6.63. The molecule has 154 valence electrons. The van der Waals surface area contributed by atoms with Crippen LogP contribution in [0.15, 0.2) is 69.7 Å². The number of ether oxygens (including phenoxy) is 2. The van der Waals surface area contributed by atoms with Crippen LogP contribution in [0.3, 0.4) is 0 Å². The van der Waals surface area contributed by atoms with Crippen molar-refractivity contribution in [3.05, 3.63) is 70.6 Å². The number of methoxy groups -OCH3 is 1. The maximum Gasteiger partial charge on any atom is 0.331 e. The standard InChI is InChI=1S/C22H21N3O4S/c1-14(2)16-6-10-18(11-7-16)29-17-8-4-15(5-9-17)13-23-25-22-24-21(27)19(30-22)12-20(26)28-3/h4-14H,1-3H3,(H,24,25,27)/b19-12+,23-13?. The Balaban J connectivity index is 1.58. The molecule has 1 saturated heterocycles. The van der Waals surface area contributed by atoms with Gasteiger partial charge in [0.05, 0.1) is 18.2 Å². The van der Waals surface area contributed by atoms with Crippen LogP contribution in [0.4, 0.5) is 0 Å². The summed E-state index contributed by atoms with van der Waals surface area (Å²) in [6, 6.07) is 15.4. The monoisotopic (exact) mass is 423 g/mol. The van der Waals surface area contributed by atoms with Crippen LogP contribution in [0.25, 0.3) is 0 Å². The number of nitrogens with zero attached hydrogens (tertiary/aromatic N) is 2. The molecule has 0 unspecified atom stereocenters. The average Bonchev–Trinajstić information content (AvgIpc) is 3.08.